The van der Waals surface area contributed by atoms with Gasteiger partial charge in [-0.1, -0.05) is 37.0 Å². The second-order valence-electron chi connectivity index (χ2n) is 8.36. The van der Waals surface area contributed by atoms with Gasteiger partial charge in [-0.3, -0.25) is 9.59 Å². The molecule has 1 fully saturated rings. The Balaban J connectivity index is 1.96. The summed E-state index contributed by atoms with van der Waals surface area (Å²) >= 11 is 12.3. The normalized spacial score (nSPS) is 16.6. The highest BCUT2D eigenvalue weighted by Gasteiger charge is 2.33. The molecule has 1 amide bonds. The molecule has 1 aliphatic heterocycles. The summed E-state index contributed by atoms with van der Waals surface area (Å²) in [4.78, 5) is 27.6. The summed E-state index contributed by atoms with van der Waals surface area (Å²) in [5.41, 5.74) is 2.85. The van der Waals surface area contributed by atoms with E-state index in [0.717, 1.165) is 29.9 Å². The van der Waals surface area contributed by atoms with E-state index in [2.05, 4.69) is 13.8 Å². The molecule has 1 aromatic carbocycles. The van der Waals surface area contributed by atoms with Gasteiger partial charge in [-0.15, -0.1) is 0 Å². The van der Waals surface area contributed by atoms with Crippen LogP contribution < -0.4 is 0 Å². The van der Waals surface area contributed by atoms with Crippen molar-refractivity contribution in [2.24, 2.45) is 11.8 Å². The third-order valence-electron chi connectivity index (χ3n) is 5.48. The minimum absolute atomic E-state index is 0.0894. The van der Waals surface area contributed by atoms with Crippen molar-refractivity contribution in [2.45, 2.75) is 47.0 Å². The molecule has 31 heavy (non-hydrogen) atoms. The third kappa shape index (κ3) is 5.24. The Kier molecular flexibility index (Phi) is 7.65. The van der Waals surface area contributed by atoms with Crippen molar-refractivity contribution in [3.8, 4) is 5.69 Å². The van der Waals surface area contributed by atoms with Crippen molar-refractivity contribution in [2.75, 3.05) is 19.7 Å². The van der Waals surface area contributed by atoms with Crippen LogP contribution in [-0.2, 0) is 16.0 Å². The lowest BCUT2D eigenvalue weighted by Crippen LogP contribution is -2.43. The van der Waals surface area contributed by atoms with Gasteiger partial charge in [0.2, 0.25) is 0 Å². The van der Waals surface area contributed by atoms with Crippen molar-refractivity contribution < 1.29 is 14.3 Å². The lowest BCUT2D eigenvalue weighted by molar-refractivity contribution is -0.149. The molecule has 6 nitrogen and oxygen atoms in total. The standard InChI is InChI=1S/C23H29Cl2N3O3/c1-5-31-23(30)16-7-6-10-27(13-16)22(29)21-15(4)28(26-20(21)11-14(2)3)17-8-9-18(24)19(25)12-17/h8-9,12,14,16H,5-7,10-11,13H2,1-4H3/t16-/m1/s1. The van der Waals surface area contributed by atoms with E-state index in [4.69, 9.17) is 33.0 Å². The lowest BCUT2D eigenvalue weighted by Gasteiger charge is -2.31. The number of aromatic nitrogens is 2. The van der Waals surface area contributed by atoms with Crippen molar-refractivity contribution in [1.82, 2.24) is 14.7 Å². The number of amides is 1. The molecule has 168 valence electrons. The van der Waals surface area contributed by atoms with Crippen molar-refractivity contribution in [3.05, 3.63) is 45.2 Å². The average Bonchev–Trinajstić information content (AvgIpc) is 3.05. The van der Waals surface area contributed by atoms with Crippen molar-refractivity contribution in [3.63, 3.8) is 0 Å². The van der Waals surface area contributed by atoms with Gasteiger partial charge in [0, 0.05) is 13.1 Å². The first-order valence-corrected chi connectivity index (χ1v) is 11.5. The number of hydrogen-bond donors (Lipinski definition) is 0. The molecule has 1 aromatic heterocycles. The van der Waals surface area contributed by atoms with Gasteiger partial charge in [0.25, 0.3) is 5.91 Å². The first kappa shape index (κ1) is 23.6. The minimum Gasteiger partial charge on any atom is -0.466 e. The molecular formula is C23H29Cl2N3O3. The molecule has 3 rings (SSSR count). The van der Waals surface area contributed by atoms with Crippen LogP contribution in [0.25, 0.3) is 5.69 Å². The molecule has 2 heterocycles. The predicted molar refractivity (Wildman–Crippen MR) is 122 cm³/mol. The van der Waals surface area contributed by atoms with Gasteiger partial charge in [-0.05, 0) is 57.2 Å². The molecule has 8 heteroatoms. The van der Waals surface area contributed by atoms with Crippen LogP contribution in [0, 0.1) is 18.8 Å². The molecule has 0 radical (unpaired) electrons. The molecule has 1 saturated heterocycles. The second kappa shape index (κ2) is 10.0. The van der Waals surface area contributed by atoms with Gasteiger partial charge >= 0.3 is 5.97 Å². The smallest absolute Gasteiger partial charge is 0.310 e. The number of carbonyl (C=O) groups excluding carboxylic acids is 2. The van der Waals surface area contributed by atoms with Gasteiger partial charge < -0.3 is 9.64 Å². The number of carbonyl (C=O) groups is 2. The number of likely N-dealkylation sites (tertiary alicyclic amines) is 1. The molecule has 1 atom stereocenters. The topological polar surface area (TPSA) is 64.4 Å². The van der Waals surface area contributed by atoms with E-state index in [-0.39, 0.29) is 17.8 Å². The SMILES string of the molecule is CCOC(=O)[C@@H]1CCCN(C(=O)c2c(CC(C)C)nn(-c3ccc(Cl)c(Cl)c3)c2C)C1. The Hall–Kier alpha value is -2.05. The van der Waals surface area contributed by atoms with Crippen LogP contribution in [0.3, 0.4) is 0 Å². The zero-order chi connectivity index (χ0) is 22.7. The predicted octanol–water partition coefficient (Wildman–Crippen LogP) is 5.10. The number of piperidine rings is 1. The zero-order valence-electron chi connectivity index (χ0n) is 18.5. The summed E-state index contributed by atoms with van der Waals surface area (Å²) in [6.07, 6.45) is 2.18. The summed E-state index contributed by atoms with van der Waals surface area (Å²) in [7, 11) is 0. The first-order chi connectivity index (χ1) is 14.7. The third-order valence-corrected chi connectivity index (χ3v) is 6.22. The molecule has 0 aliphatic carbocycles. The van der Waals surface area contributed by atoms with Crippen LogP contribution in [-0.4, -0.2) is 46.3 Å². The van der Waals surface area contributed by atoms with E-state index in [9.17, 15) is 9.59 Å². The number of ether oxygens (including phenoxy) is 1. The number of rotatable bonds is 6. The van der Waals surface area contributed by atoms with Crippen molar-refractivity contribution in [1.29, 1.82) is 0 Å². The van der Waals surface area contributed by atoms with Gasteiger partial charge in [0.05, 0.1) is 45.2 Å². The highest BCUT2D eigenvalue weighted by atomic mass is 35.5. The maximum atomic E-state index is 13.6. The molecule has 0 N–H and O–H groups in total. The van der Waals surface area contributed by atoms with Gasteiger partial charge in [-0.25, -0.2) is 4.68 Å². The number of nitrogens with zero attached hydrogens (tertiary/aromatic N) is 3. The monoisotopic (exact) mass is 465 g/mol. The number of esters is 1. The molecular weight excluding hydrogens is 437 g/mol. The lowest BCUT2D eigenvalue weighted by atomic mass is 9.96. The quantitative estimate of drug-likeness (QED) is 0.556. The molecule has 0 spiro atoms. The van der Waals surface area contributed by atoms with E-state index in [0.29, 0.717) is 47.6 Å². The zero-order valence-corrected chi connectivity index (χ0v) is 20.0. The Morgan fingerprint density at radius 3 is 2.65 bits per heavy atom. The van der Waals surface area contributed by atoms with Crippen LogP contribution in [0.5, 0.6) is 0 Å². The minimum atomic E-state index is -0.281. The molecule has 1 aliphatic rings. The van der Waals surface area contributed by atoms with Gasteiger partial charge in [-0.2, -0.15) is 5.10 Å². The van der Waals surface area contributed by atoms with Crippen molar-refractivity contribution >= 4 is 35.1 Å². The fourth-order valence-corrected chi connectivity index (χ4v) is 4.30. The van der Waals surface area contributed by atoms with Crippen LogP contribution >= 0.6 is 23.2 Å². The first-order valence-electron chi connectivity index (χ1n) is 10.7. The fourth-order valence-electron chi connectivity index (χ4n) is 4.01. The highest BCUT2D eigenvalue weighted by Crippen LogP contribution is 2.28. The van der Waals surface area contributed by atoms with E-state index < -0.39 is 0 Å². The molecule has 0 bridgehead atoms. The molecule has 0 saturated carbocycles. The number of halogens is 2. The van der Waals surface area contributed by atoms with E-state index in [1.165, 1.54) is 0 Å². The van der Waals surface area contributed by atoms with Gasteiger partial charge in [0.15, 0.2) is 0 Å². The van der Waals surface area contributed by atoms with Crippen LogP contribution in [0.1, 0.15) is 55.4 Å². The molecule has 0 unspecified atom stereocenters. The summed E-state index contributed by atoms with van der Waals surface area (Å²) in [6.45, 7) is 9.21. The average molecular weight is 466 g/mol. The number of hydrogen-bond acceptors (Lipinski definition) is 4. The van der Waals surface area contributed by atoms with E-state index >= 15 is 0 Å². The Bertz CT molecular complexity index is 971. The largest absolute Gasteiger partial charge is 0.466 e. The summed E-state index contributed by atoms with van der Waals surface area (Å²) in [6, 6.07) is 5.30. The van der Waals surface area contributed by atoms with E-state index in [1.807, 2.05) is 13.0 Å². The van der Waals surface area contributed by atoms with Crippen LogP contribution in [0.2, 0.25) is 10.0 Å². The summed E-state index contributed by atoms with van der Waals surface area (Å²) in [5, 5.41) is 5.66. The Morgan fingerprint density at radius 2 is 2.00 bits per heavy atom. The second-order valence-corrected chi connectivity index (χ2v) is 9.17. The maximum Gasteiger partial charge on any atom is 0.310 e. The number of benzene rings is 1. The van der Waals surface area contributed by atoms with Crippen LogP contribution in [0.4, 0.5) is 0 Å². The van der Waals surface area contributed by atoms with Gasteiger partial charge in [0.1, 0.15) is 0 Å². The van der Waals surface area contributed by atoms with Crippen LogP contribution in [0.15, 0.2) is 18.2 Å². The summed E-state index contributed by atoms with van der Waals surface area (Å²) in [5.74, 6) is -0.271. The fraction of sp³-hybridized carbons (Fsp3) is 0.522. The Labute approximate surface area is 193 Å². The maximum absolute atomic E-state index is 13.6. The highest BCUT2D eigenvalue weighted by molar-refractivity contribution is 6.42. The van der Waals surface area contributed by atoms with E-state index in [1.54, 1.807) is 28.6 Å². The Morgan fingerprint density at radius 1 is 1.26 bits per heavy atom. The summed E-state index contributed by atoms with van der Waals surface area (Å²) < 4.78 is 6.93. The molecule has 2 aromatic rings.